The zero-order valence-electron chi connectivity index (χ0n) is 20.1. The van der Waals surface area contributed by atoms with E-state index in [4.69, 9.17) is 0 Å². The smallest absolute Gasteiger partial charge is 0.296 e. The van der Waals surface area contributed by atoms with Crippen LogP contribution in [0.25, 0.3) is 0 Å². The normalized spacial score (nSPS) is 11.5. The molecule has 1 aromatic carbocycles. The van der Waals surface area contributed by atoms with Gasteiger partial charge < -0.3 is 6.15 Å². The Labute approximate surface area is 186 Å². The van der Waals surface area contributed by atoms with Crippen molar-refractivity contribution in [2.45, 2.75) is 122 Å². The van der Waals surface area contributed by atoms with Crippen molar-refractivity contribution in [2.24, 2.45) is 0 Å². The molecule has 3 N–H and O–H groups in total. The van der Waals surface area contributed by atoms with E-state index < -0.39 is 10.1 Å². The molecule has 0 atom stereocenters. The second-order valence-corrected chi connectivity index (χ2v) is 10.1. The summed E-state index contributed by atoms with van der Waals surface area (Å²) in [5.41, 5.74) is 3.16. The molecule has 5 heteroatoms. The highest BCUT2D eigenvalue weighted by molar-refractivity contribution is 7.86. The van der Waals surface area contributed by atoms with E-state index >= 15 is 0 Å². The predicted molar refractivity (Wildman–Crippen MR) is 129 cm³/mol. The Hall–Kier alpha value is -0.910. The molecular formula is C25H47NO3S. The van der Waals surface area contributed by atoms with E-state index in [0.29, 0.717) is 4.90 Å². The Bertz CT molecular complexity index is 671. The Morgan fingerprint density at radius 2 is 1.13 bits per heavy atom. The third-order valence-corrected chi connectivity index (χ3v) is 7.56. The SMILES string of the molecule is CCCCCCCCCCCCCCCCc1ccc(S(=O)(=O)OC)c(C)c1C.N. The molecule has 0 aromatic heterocycles. The van der Waals surface area contributed by atoms with Gasteiger partial charge in [0.25, 0.3) is 10.1 Å². The van der Waals surface area contributed by atoms with Gasteiger partial charge in [0.2, 0.25) is 0 Å². The Morgan fingerprint density at radius 1 is 0.700 bits per heavy atom. The van der Waals surface area contributed by atoms with Crippen LogP contribution in [0, 0.1) is 13.8 Å². The molecule has 0 amide bonds. The third kappa shape index (κ3) is 10.9. The van der Waals surface area contributed by atoms with Crippen LogP contribution in [0.15, 0.2) is 17.0 Å². The highest BCUT2D eigenvalue weighted by atomic mass is 32.2. The molecule has 0 radical (unpaired) electrons. The summed E-state index contributed by atoms with van der Waals surface area (Å²) >= 11 is 0. The first kappa shape index (κ1) is 29.1. The van der Waals surface area contributed by atoms with Gasteiger partial charge in [-0.2, -0.15) is 8.42 Å². The summed E-state index contributed by atoms with van der Waals surface area (Å²) in [5, 5.41) is 0. The molecule has 4 nitrogen and oxygen atoms in total. The van der Waals surface area contributed by atoms with E-state index in [0.717, 1.165) is 17.5 Å². The van der Waals surface area contributed by atoms with Crippen molar-refractivity contribution in [2.75, 3.05) is 7.11 Å². The van der Waals surface area contributed by atoms with E-state index in [1.165, 1.54) is 103 Å². The summed E-state index contributed by atoms with van der Waals surface area (Å²) in [6, 6.07) is 3.65. The molecule has 0 saturated carbocycles. The van der Waals surface area contributed by atoms with Gasteiger partial charge >= 0.3 is 0 Å². The number of benzene rings is 1. The second kappa shape index (κ2) is 16.7. The minimum atomic E-state index is -3.62. The van der Waals surface area contributed by atoms with Crippen LogP contribution < -0.4 is 6.15 Å². The van der Waals surface area contributed by atoms with E-state index in [1.807, 2.05) is 19.9 Å². The summed E-state index contributed by atoms with van der Waals surface area (Å²) in [4.78, 5) is 0.294. The average molecular weight is 442 g/mol. The van der Waals surface area contributed by atoms with Gasteiger partial charge in [0, 0.05) is 0 Å². The summed E-state index contributed by atoms with van der Waals surface area (Å²) in [6.45, 7) is 6.16. The van der Waals surface area contributed by atoms with Gasteiger partial charge in [-0.05, 0) is 49.4 Å². The van der Waals surface area contributed by atoms with Gasteiger partial charge in [-0.25, -0.2) is 0 Å². The first-order chi connectivity index (χ1) is 13.9. The maximum atomic E-state index is 12.0. The molecule has 0 aliphatic rings. The number of hydrogen-bond acceptors (Lipinski definition) is 4. The first-order valence-electron chi connectivity index (χ1n) is 11.8. The van der Waals surface area contributed by atoms with Crippen LogP contribution in [0.3, 0.4) is 0 Å². The minimum absolute atomic E-state index is 0. The highest BCUT2D eigenvalue weighted by Crippen LogP contribution is 2.24. The lowest BCUT2D eigenvalue weighted by Gasteiger charge is -2.13. The summed E-state index contributed by atoms with van der Waals surface area (Å²) < 4.78 is 28.6. The lowest BCUT2D eigenvalue weighted by Crippen LogP contribution is -2.07. The molecule has 1 aromatic rings. The van der Waals surface area contributed by atoms with Gasteiger partial charge in [-0.15, -0.1) is 0 Å². The molecule has 30 heavy (non-hydrogen) atoms. The van der Waals surface area contributed by atoms with Crippen molar-refractivity contribution in [3.8, 4) is 0 Å². The first-order valence-corrected chi connectivity index (χ1v) is 13.2. The van der Waals surface area contributed by atoms with E-state index in [1.54, 1.807) is 6.07 Å². The molecule has 0 aliphatic carbocycles. The Morgan fingerprint density at radius 3 is 1.57 bits per heavy atom. The molecule has 0 unspecified atom stereocenters. The quantitative estimate of drug-likeness (QED) is 0.197. The van der Waals surface area contributed by atoms with Crippen LogP contribution >= 0.6 is 0 Å². The van der Waals surface area contributed by atoms with Gasteiger partial charge in [-0.3, -0.25) is 4.18 Å². The molecule has 1 rings (SSSR count). The van der Waals surface area contributed by atoms with Crippen molar-refractivity contribution < 1.29 is 12.6 Å². The second-order valence-electron chi connectivity index (χ2n) is 8.44. The van der Waals surface area contributed by atoms with E-state index in [-0.39, 0.29) is 6.15 Å². The number of hydrogen-bond donors (Lipinski definition) is 1. The average Bonchev–Trinajstić information content (AvgIpc) is 2.71. The topological polar surface area (TPSA) is 78.4 Å². The lowest BCUT2D eigenvalue weighted by atomic mass is 9.98. The highest BCUT2D eigenvalue weighted by Gasteiger charge is 2.18. The van der Waals surface area contributed by atoms with Crippen molar-refractivity contribution >= 4 is 10.1 Å². The molecule has 176 valence electrons. The van der Waals surface area contributed by atoms with Crippen LogP contribution in [0.1, 0.15) is 114 Å². The van der Waals surface area contributed by atoms with Crippen molar-refractivity contribution in [3.63, 3.8) is 0 Å². The fourth-order valence-corrected chi connectivity index (χ4v) is 4.94. The van der Waals surface area contributed by atoms with Crippen molar-refractivity contribution in [1.29, 1.82) is 0 Å². The summed E-state index contributed by atoms with van der Waals surface area (Å²) in [7, 11) is -2.40. The number of rotatable bonds is 17. The standard InChI is InChI=1S/C25H44O3S.H3N/c1-5-6-7-8-9-10-11-12-13-14-15-16-17-18-19-24-20-21-25(23(3)22(24)2)29(26,27)28-4;/h20-21H,5-19H2,1-4H3;1H3. The fraction of sp³-hybridized carbons (Fsp3) is 0.760. The van der Waals surface area contributed by atoms with E-state index in [2.05, 4.69) is 11.1 Å². The summed E-state index contributed by atoms with van der Waals surface area (Å²) in [5.74, 6) is 0. The van der Waals surface area contributed by atoms with E-state index in [9.17, 15) is 8.42 Å². The third-order valence-electron chi connectivity index (χ3n) is 6.14. The molecule has 0 saturated heterocycles. The van der Waals surface area contributed by atoms with Gasteiger partial charge in [0.1, 0.15) is 0 Å². The van der Waals surface area contributed by atoms with Crippen molar-refractivity contribution in [3.05, 3.63) is 28.8 Å². The Kier molecular flexibility index (Phi) is 16.2. The van der Waals surface area contributed by atoms with Crippen LogP contribution in [0.2, 0.25) is 0 Å². The van der Waals surface area contributed by atoms with Crippen LogP contribution in [0.5, 0.6) is 0 Å². The maximum Gasteiger partial charge on any atom is 0.296 e. The molecule has 0 fully saturated rings. The fourth-order valence-electron chi connectivity index (χ4n) is 3.99. The zero-order valence-corrected chi connectivity index (χ0v) is 20.9. The van der Waals surface area contributed by atoms with Crippen LogP contribution in [-0.2, 0) is 20.7 Å². The maximum absolute atomic E-state index is 12.0. The lowest BCUT2D eigenvalue weighted by molar-refractivity contribution is 0.397. The van der Waals surface area contributed by atoms with Crippen LogP contribution in [-0.4, -0.2) is 15.5 Å². The van der Waals surface area contributed by atoms with Gasteiger partial charge in [0.15, 0.2) is 0 Å². The molecule has 0 bridgehead atoms. The molecule has 0 heterocycles. The van der Waals surface area contributed by atoms with Crippen molar-refractivity contribution in [1.82, 2.24) is 6.15 Å². The predicted octanol–water partition coefficient (Wildman–Crippen LogP) is 7.82. The molecule has 0 aliphatic heterocycles. The zero-order chi connectivity index (χ0) is 21.5. The van der Waals surface area contributed by atoms with Gasteiger partial charge in [-0.1, -0.05) is 96.5 Å². The largest absolute Gasteiger partial charge is 0.344 e. The molecule has 0 spiro atoms. The summed E-state index contributed by atoms with van der Waals surface area (Å²) in [6.07, 6.45) is 20.1. The molecular weight excluding hydrogens is 394 g/mol. The monoisotopic (exact) mass is 441 g/mol. The minimum Gasteiger partial charge on any atom is -0.344 e. The van der Waals surface area contributed by atoms with Gasteiger partial charge in [0.05, 0.1) is 12.0 Å². The number of aryl methyl sites for hydroxylation is 1. The van der Waals surface area contributed by atoms with Crippen LogP contribution in [0.4, 0.5) is 0 Å². The Balaban J connectivity index is 0.00000841. The number of unbranched alkanes of at least 4 members (excludes halogenated alkanes) is 13.